The number of ketones is 1. The molecule has 2 heterocycles. The lowest BCUT2D eigenvalue weighted by atomic mass is 10.0. The molecule has 1 aliphatic heterocycles. The van der Waals surface area contributed by atoms with Crippen LogP contribution in [0, 0.1) is 0 Å². The summed E-state index contributed by atoms with van der Waals surface area (Å²) in [5.41, 5.74) is 1.84. The minimum absolute atomic E-state index is 0.0358. The van der Waals surface area contributed by atoms with Gasteiger partial charge in [-0.15, -0.1) is 0 Å². The molecule has 3 nitrogen and oxygen atoms in total. The van der Waals surface area contributed by atoms with Crippen LogP contribution in [-0.2, 0) is 4.79 Å². The third kappa shape index (κ3) is 1.82. The number of carbonyl (C=O) groups is 1. The van der Waals surface area contributed by atoms with Crippen LogP contribution in [0.1, 0.15) is 25.1 Å². The highest BCUT2D eigenvalue weighted by Crippen LogP contribution is 2.19. The number of pyridine rings is 1. The number of rotatable bonds is 1. The predicted molar refractivity (Wildman–Crippen MR) is 53.5 cm³/mol. The van der Waals surface area contributed by atoms with E-state index in [1.54, 1.807) is 12.3 Å². The Morgan fingerprint density at radius 1 is 1.50 bits per heavy atom. The Morgan fingerprint density at radius 3 is 3.00 bits per heavy atom. The van der Waals surface area contributed by atoms with Crippen molar-refractivity contribution in [3.8, 4) is 0 Å². The van der Waals surface area contributed by atoms with Gasteiger partial charge in [0.2, 0.25) is 0 Å². The summed E-state index contributed by atoms with van der Waals surface area (Å²) < 4.78 is 0. The maximum atomic E-state index is 11.3. The van der Waals surface area contributed by atoms with Crippen molar-refractivity contribution in [1.29, 1.82) is 0 Å². The van der Waals surface area contributed by atoms with Crippen LogP contribution in [0.4, 0.5) is 0 Å². The molecule has 2 rings (SSSR count). The summed E-state index contributed by atoms with van der Waals surface area (Å²) in [6, 6.07) is 5.77. The minimum atomic E-state index is 0.0358. The summed E-state index contributed by atoms with van der Waals surface area (Å²) in [4.78, 5) is 15.5. The molecule has 0 spiro atoms. The molecule has 3 heteroatoms. The first-order valence-electron chi connectivity index (χ1n) is 4.64. The Kier molecular flexibility index (Phi) is 2.31. The quantitative estimate of drug-likeness (QED) is 0.727. The van der Waals surface area contributed by atoms with Gasteiger partial charge in [0.25, 0.3) is 0 Å². The standard InChI is InChI=1S/C11H12N2O/c1-8-6-9(14)7-11(13-8)10-4-2-3-5-12-10/h2-6,11,13H,7H2,1H3. The summed E-state index contributed by atoms with van der Waals surface area (Å²) >= 11 is 0. The van der Waals surface area contributed by atoms with E-state index >= 15 is 0 Å². The van der Waals surface area contributed by atoms with Crippen molar-refractivity contribution >= 4 is 5.78 Å². The van der Waals surface area contributed by atoms with Crippen molar-refractivity contribution in [2.24, 2.45) is 0 Å². The molecule has 1 aromatic rings. The molecule has 1 unspecified atom stereocenters. The largest absolute Gasteiger partial charge is 0.380 e. The number of aromatic nitrogens is 1. The van der Waals surface area contributed by atoms with Gasteiger partial charge in [0.15, 0.2) is 5.78 Å². The third-order valence-electron chi connectivity index (χ3n) is 2.23. The fourth-order valence-electron chi connectivity index (χ4n) is 1.63. The Morgan fingerprint density at radius 2 is 2.36 bits per heavy atom. The molecule has 14 heavy (non-hydrogen) atoms. The van der Waals surface area contributed by atoms with Crippen LogP contribution in [0.25, 0.3) is 0 Å². The second-order valence-corrected chi connectivity index (χ2v) is 3.45. The van der Waals surface area contributed by atoms with E-state index in [-0.39, 0.29) is 11.8 Å². The lowest BCUT2D eigenvalue weighted by Gasteiger charge is -2.22. The van der Waals surface area contributed by atoms with Crippen LogP contribution in [0.5, 0.6) is 0 Å². The predicted octanol–water partition coefficient (Wildman–Crippen LogP) is 1.59. The molecule has 72 valence electrons. The zero-order chi connectivity index (χ0) is 9.97. The summed E-state index contributed by atoms with van der Waals surface area (Å²) in [5.74, 6) is 0.164. The van der Waals surface area contributed by atoms with E-state index in [2.05, 4.69) is 10.3 Å². The summed E-state index contributed by atoms with van der Waals surface area (Å²) in [6.45, 7) is 1.90. The van der Waals surface area contributed by atoms with Crippen LogP contribution >= 0.6 is 0 Å². The lowest BCUT2D eigenvalue weighted by molar-refractivity contribution is -0.115. The van der Waals surface area contributed by atoms with Gasteiger partial charge in [-0.1, -0.05) is 6.07 Å². The SMILES string of the molecule is CC1=CC(=O)CC(c2ccccn2)N1. The van der Waals surface area contributed by atoms with Crippen LogP contribution in [-0.4, -0.2) is 10.8 Å². The molecule has 0 radical (unpaired) electrons. The molecule has 1 N–H and O–H groups in total. The molecule has 0 aromatic carbocycles. The van der Waals surface area contributed by atoms with Crippen LogP contribution in [0.15, 0.2) is 36.2 Å². The fourth-order valence-corrected chi connectivity index (χ4v) is 1.63. The number of nitrogens with one attached hydrogen (secondary N) is 1. The zero-order valence-corrected chi connectivity index (χ0v) is 8.03. The molecule has 0 aliphatic carbocycles. The van der Waals surface area contributed by atoms with Crippen molar-refractivity contribution in [2.75, 3.05) is 0 Å². The zero-order valence-electron chi connectivity index (χ0n) is 8.03. The van der Waals surface area contributed by atoms with E-state index in [0.29, 0.717) is 6.42 Å². The number of hydrogen-bond acceptors (Lipinski definition) is 3. The summed E-state index contributed by atoms with van der Waals surface area (Å²) in [6.07, 6.45) is 3.88. The number of carbonyl (C=O) groups excluding carboxylic acids is 1. The highest BCUT2D eigenvalue weighted by Gasteiger charge is 2.19. The van der Waals surface area contributed by atoms with Crippen molar-refractivity contribution in [3.05, 3.63) is 41.9 Å². The van der Waals surface area contributed by atoms with Gasteiger partial charge in [-0.2, -0.15) is 0 Å². The van der Waals surface area contributed by atoms with Crippen molar-refractivity contribution in [1.82, 2.24) is 10.3 Å². The van der Waals surface area contributed by atoms with Crippen LogP contribution in [0.3, 0.4) is 0 Å². The molecule has 0 bridgehead atoms. The second kappa shape index (κ2) is 3.62. The highest BCUT2D eigenvalue weighted by molar-refractivity contribution is 5.91. The maximum absolute atomic E-state index is 11.3. The summed E-state index contributed by atoms with van der Waals surface area (Å²) in [5, 5.41) is 3.24. The van der Waals surface area contributed by atoms with Gasteiger partial charge in [-0.3, -0.25) is 9.78 Å². The topological polar surface area (TPSA) is 42.0 Å². The van der Waals surface area contributed by atoms with Gasteiger partial charge in [-0.25, -0.2) is 0 Å². The van der Waals surface area contributed by atoms with Crippen molar-refractivity contribution in [2.45, 2.75) is 19.4 Å². The number of hydrogen-bond donors (Lipinski definition) is 1. The molecule has 1 atom stereocenters. The fraction of sp³-hybridized carbons (Fsp3) is 0.273. The monoisotopic (exact) mass is 188 g/mol. The highest BCUT2D eigenvalue weighted by atomic mass is 16.1. The van der Waals surface area contributed by atoms with E-state index in [9.17, 15) is 4.79 Å². The van der Waals surface area contributed by atoms with E-state index in [1.807, 2.05) is 25.1 Å². The summed E-state index contributed by atoms with van der Waals surface area (Å²) in [7, 11) is 0. The second-order valence-electron chi connectivity index (χ2n) is 3.45. The smallest absolute Gasteiger partial charge is 0.159 e. The van der Waals surface area contributed by atoms with Crippen molar-refractivity contribution < 1.29 is 4.79 Å². The Labute approximate surface area is 82.9 Å². The van der Waals surface area contributed by atoms with Gasteiger partial charge in [0.05, 0.1) is 11.7 Å². The van der Waals surface area contributed by atoms with Gasteiger partial charge < -0.3 is 5.32 Å². The molecular weight excluding hydrogens is 176 g/mol. The van der Waals surface area contributed by atoms with Gasteiger partial charge >= 0.3 is 0 Å². The lowest BCUT2D eigenvalue weighted by Crippen LogP contribution is -2.27. The van der Waals surface area contributed by atoms with E-state index < -0.39 is 0 Å². The first-order valence-corrected chi connectivity index (χ1v) is 4.64. The number of nitrogens with zero attached hydrogens (tertiary/aromatic N) is 1. The van der Waals surface area contributed by atoms with E-state index in [0.717, 1.165) is 11.4 Å². The van der Waals surface area contributed by atoms with Gasteiger partial charge in [0.1, 0.15) is 0 Å². The molecule has 0 saturated heterocycles. The molecule has 1 aliphatic rings. The molecule has 0 amide bonds. The molecule has 0 fully saturated rings. The Balaban J connectivity index is 2.22. The molecule has 0 saturated carbocycles. The Hall–Kier alpha value is -1.64. The minimum Gasteiger partial charge on any atom is -0.380 e. The Bertz CT molecular complexity index is 370. The van der Waals surface area contributed by atoms with Crippen molar-refractivity contribution in [3.63, 3.8) is 0 Å². The van der Waals surface area contributed by atoms with E-state index in [4.69, 9.17) is 0 Å². The van der Waals surface area contributed by atoms with Gasteiger partial charge in [-0.05, 0) is 25.1 Å². The average molecular weight is 188 g/mol. The number of allylic oxidation sites excluding steroid dienone is 2. The maximum Gasteiger partial charge on any atom is 0.159 e. The van der Waals surface area contributed by atoms with Crippen LogP contribution < -0.4 is 5.32 Å². The van der Waals surface area contributed by atoms with E-state index in [1.165, 1.54) is 0 Å². The molecule has 1 aromatic heterocycles. The average Bonchev–Trinajstić information content (AvgIpc) is 2.18. The first kappa shape index (κ1) is 8.94. The third-order valence-corrected chi connectivity index (χ3v) is 2.23. The molecular formula is C11H12N2O. The van der Waals surface area contributed by atoms with Gasteiger partial charge in [0, 0.05) is 18.3 Å². The van der Waals surface area contributed by atoms with Crippen LogP contribution in [0.2, 0.25) is 0 Å². The first-order chi connectivity index (χ1) is 6.75. The normalized spacial score (nSPS) is 21.4.